The number of hydrogen-bond donors (Lipinski definition) is 0. The van der Waals surface area contributed by atoms with E-state index in [1.807, 2.05) is 24.4 Å². The Balaban J connectivity index is 2.37. The van der Waals surface area contributed by atoms with Crippen molar-refractivity contribution >= 4 is 11.6 Å². The maximum atomic E-state index is 6.25. The molecule has 1 aromatic heterocycles. The molecule has 0 aromatic carbocycles. The molecule has 0 aliphatic heterocycles. The Morgan fingerprint density at radius 2 is 2.21 bits per heavy atom. The van der Waals surface area contributed by atoms with Crippen LogP contribution in [0.1, 0.15) is 32.4 Å². The zero-order valence-corrected chi connectivity index (χ0v) is 9.67. The van der Waals surface area contributed by atoms with Crippen molar-refractivity contribution in [1.29, 1.82) is 0 Å². The van der Waals surface area contributed by atoms with Gasteiger partial charge in [-0.3, -0.25) is 4.98 Å². The molecule has 0 N–H and O–H groups in total. The summed E-state index contributed by atoms with van der Waals surface area (Å²) in [4.78, 5) is 4.27. The Kier molecular flexibility index (Phi) is 4.95. The van der Waals surface area contributed by atoms with E-state index in [1.54, 1.807) is 0 Å². The van der Waals surface area contributed by atoms with Crippen molar-refractivity contribution in [2.75, 3.05) is 0 Å². The van der Waals surface area contributed by atoms with E-state index in [4.69, 9.17) is 11.6 Å². The van der Waals surface area contributed by atoms with Crippen LogP contribution in [0.2, 0.25) is 0 Å². The van der Waals surface area contributed by atoms with Crippen LogP contribution in [0.25, 0.3) is 0 Å². The summed E-state index contributed by atoms with van der Waals surface area (Å²) in [7, 11) is 0. The average Bonchev–Trinajstić information content (AvgIpc) is 2.19. The first-order chi connectivity index (χ1) is 6.72. The highest BCUT2D eigenvalue weighted by Gasteiger charge is 2.10. The second kappa shape index (κ2) is 6.02. The molecular weight excluding hydrogens is 194 g/mol. The number of rotatable bonds is 5. The lowest BCUT2D eigenvalue weighted by Gasteiger charge is -2.13. The van der Waals surface area contributed by atoms with Crippen molar-refractivity contribution in [1.82, 2.24) is 4.98 Å². The predicted molar refractivity (Wildman–Crippen MR) is 61.7 cm³/mol. The third-order valence-corrected chi connectivity index (χ3v) is 2.84. The first kappa shape index (κ1) is 11.5. The molecule has 0 fully saturated rings. The molecule has 0 aliphatic carbocycles. The molecule has 0 radical (unpaired) electrons. The minimum atomic E-state index is 0.222. The summed E-state index contributed by atoms with van der Waals surface area (Å²) in [5.41, 5.74) is 1.09. The summed E-state index contributed by atoms with van der Waals surface area (Å²) >= 11 is 6.25. The lowest BCUT2D eigenvalue weighted by atomic mass is 10.0. The third kappa shape index (κ3) is 4.10. The first-order valence-electron chi connectivity index (χ1n) is 5.26. The third-order valence-electron chi connectivity index (χ3n) is 2.51. The summed E-state index contributed by atoms with van der Waals surface area (Å²) in [5, 5.41) is 0.222. The smallest absolute Gasteiger partial charge is 0.0418 e. The van der Waals surface area contributed by atoms with Crippen LogP contribution in [-0.2, 0) is 6.42 Å². The largest absolute Gasteiger partial charge is 0.261 e. The molecule has 1 heterocycles. The molecule has 0 spiro atoms. The van der Waals surface area contributed by atoms with E-state index in [1.165, 1.54) is 6.42 Å². The van der Waals surface area contributed by atoms with Gasteiger partial charge in [0, 0.05) is 23.7 Å². The zero-order chi connectivity index (χ0) is 10.4. The molecule has 2 heteroatoms. The summed E-state index contributed by atoms with van der Waals surface area (Å²) in [6.45, 7) is 4.45. The Morgan fingerprint density at radius 1 is 1.43 bits per heavy atom. The molecule has 1 aromatic rings. The molecular formula is C12H18ClN. The van der Waals surface area contributed by atoms with E-state index in [0.29, 0.717) is 5.92 Å². The first-order valence-corrected chi connectivity index (χ1v) is 5.70. The van der Waals surface area contributed by atoms with E-state index in [0.717, 1.165) is 18.5 Å². The average molecular weight is 212 g/mol. The molecule has 0 bridgehead atoms. The molecule has 0 aliphatic rings. The molecule has 1 nitrogen and oxygen atoms in total. The number of aromatic nitrogens is 1. The summed E-state index contributed by atoms with van der Waals surface area (Å²) < 4.78 is 0. The van der Waals surface area contributed by atoms with Crippen molar-refractivity contribution in [3.05, 3.63) is 30.1 Å². The van der Waals surface area contributed by atoms with Gasteiger partial charge in [0.15, 0.2) is 0 Å². The van der Waals surface area contributed by atoms with Gasteiger partial charge in [-0.25, -0.2) is 0 Å². The predicted octanol–water partition coefficient (Wildman–Crippen LogP) is 3.67. The minimum absolute atomic E-state index is 0.222. The summed E-state index contributed by atoms with van der Waals surface area (Å²) in [6.07, 6.45) is 4.98. The van der Waals surface area contributed by atoms with Crippen LogP contribution >= 0.6 is 11.6 Å². The van der Waals surface area contributed by atoms with Crippen molar-refractivity contribution in [3.8, 4) is 0 Å². The van der Waals surface area contributed by atoms with Crippen LogP contribution in [0.4, 0.5) is 0 Å². The number of hydrogen-bond acceptors (Lipinski definition) is 1. The van der Waals surface area contributed by atoms with Gasteiger partial charge in [0.05, 0.1) is 0 Å². The van der Waals surface area contributed by atoms with Gasteiger partial charge < -0.3 is 0 Å². The maximum Gasteiger partial charge on any atom is 0.0418 e. The van der Waals surface area contributed by atoms with Gasteiger partial charge in [-0.05, 0) is 24.5 Å². The van der Waals surface area contributed by atoms with Gasteiger partial charge in [-0.15, -0.1) is 11.6 Å². The van der Waals surface area contributed by atoms with Gasteiger partial charge in [-0.2, -0.15) is 0 Å². The lowest BCUT2D eigenvalue weighted by molar-refractivity contribution is 0.498. The fraction of sp³-hybridized carbons (Fsp3) is 0.583. The van der Waals surface area contributed by atoms with Crippen molar-refractivity contribution in [2.24, 2.45) is 5.92 Å². The fourth-order valence-electron chi connectivity index (χ4n) is 1.43. The second-order valence-corrected chi connectivity index (χ2v) is 4.49. The number of alkyl halides is 1. The van der Waals surface area contributed by atoms with Crippen LogP contribution in [0.5, 0.6) is 0 Å². The van der Waals surface area contributed by atoms with Crippen molar-refractivity contribution in [3.63, 3.8) is 0 Å². The Labute approximate surface area is 91.5 Å². The summed E-state index contributed by atoms with van der Waals surface area (Å²) in [6, 6.07) is 5.97. The van der Waals surface area contributed by atoms with E-state index in [-0.39, 0.29) is 5.38 Å². The van der Waals surface area contributed by atoms with Crippen LogP contribution in [0, 0.1) is 5.92 Å². The molecule has 1 rings (SSSR count). The van der Waals surface area contributed by atoms with E-state index >= 15 is 0 Å². The SMILES string of the molecule is CCC(C)CC(Cl)Cc1ccccn1. The molecule has 0 amide bonds. The number of nitrogens with zero attached hydrogens (tertiary/aromatic N) is 1. The maximum absolute atomic E-state index is 6.25. The Morgan fingerprint density at radius 3 is 2.79 bits per heavy atom. The van der Waals surface area contributed by atoms with Crippen LogP contribution in [-0.4, -0.2) is 10.4 Å². The standard InChI is InChI=1S/C12H18ClN/c1-3-10(2)8-11(13)9-12-6-4-5-7-14-12/h4-7,10-11H,3,8-9H2,1-2H3. The van der Waals surface area contributed by atoms with Crippen molar-refractivity contribution < 1.29 is 0 Å². The molecule has 0 saturated heterocycles. The van der Waals surface area contributed by atoms with Gasteiger partial charge >= 0.3 is 0 Å². The van der Waals surface area contributed by atoms with E-state index in [9.17, 15) is 0 Å². The highest BCUT2D eigenvalue weighted by Crippen LogP contribution is 2.17. The lowest BCUT2D eigenvalue weighted by Crippen LogP contribution is -2.09. The highest BCUT2D eigenvalue weighted by atomic mass is 35.5. The van der Waals surface area contributed by atoms with Gasteiger partial charge in [0.25, 0.3) is 0 Å². The molecule has 2 atom stereocenters. The highest BCUT2D eigenvalue weighted by molar-refractivity contribution is 6.20. The van der Waals surface area contributed by atoms with Gasteiger partial charge in [0.2, 0.25) is 0 Å². The molecule has 0 saturated carbocycles. The Hall–Kier alpha value is -0.560. The number of pyridine rings is 1. The minimum Gasteiger partial charge on any atom is -0.261 e. The van der Waals surface area contributed by atoms with Gasteiger partial charge in [-0.1, -0.05) is 26.3 Å². The van der Waals surface area contributed by atoms with Gasteiger partial charge in [0.1, 0.15) is 0 Å². The van der Waals surface area contributed by atoms with Crippen molar-refractivity contribution in [2.45, 2.75) is 38.5 Å². The topological polar surface area (TPSA) is 12.9 Å². The van der Waals surface area contributed by atoms with Crippen LogP contribution in [0.15, 0.2) is 24.4 Å². The van der Waals surface area contributed by atoms with E-state index < -0.39 is 0 Å². The Bertz CT molecular complexity index is 248. The van der Waals surface area contributed by atoms with E-state index in [2.05, 4.69) is 18.8 Å². The molecule has 78 valence electrons. The van der Waals surface area contributed by atoms with Crippen LogP contribution in [0.3, 0.4) is 0 Å². The molecule has 2 unspecified atom stereocenters. The molecule has 14 heavy (non-hydrogen) atoms. The summed E-state index contributed by atoms with van der Waals surface area (Å²) in [5.74, 6) is 0.709. The monoisotopic (exact) mass is 211 g/mol. The normalized spacial score (nSPS) is 15.1. The zero-order valence-electron chi connectivity index (χ0n) is 8.91. The fourth-order valence-corrected chi connectivity index (χ4v) is 1.89. The quantitative estimate of drug-likeness (QED) is 0.678. The number of halogens is 1. The second-order valence-electron chi connectivity index (χ2n) is 3.87. The van der Waals surface area contributed by atoms with Crippen LogP contribution < -0.4 is 0 Å².